The van der Waals surface area contributed by atoms with Crippen LogP contribution in [0.2, 0.25) is 0 Å². The highest BCUT2D eigenvalue weighted by Crippen LogP contribution is 2.22. The number of fused-ring (bicyclic) bond motifs is 1. The van der Waals surface area contributed by atoms with Gasteiger partial charge in [-0.05, 0) is 69.9 Å². The molecule has 0 saturated carbocycles. The molecular weight excluding hydrogens is 592 g/mol. The van der Waals surface area contributed by atoms with Gasteiger partial charge in [0.05, 0.1) is 28.8 Å². The van der Waals surface area contributed by atoms with E-state index in [2.05, 4.69) is 27.6 Å². The predicted octanol–water partition coefficient (Wildman–Crippen LogP) is 4.03. The van der Waals surface area contributed by atoms with Gasteiger partial charge in [0.15, 0.2) is 0 Å². The molecular formula is C33H50N6O5S. The van der Waals surface area contributed by atoms with Crippen molar-refractivity contribution >= 4 is 46.2 Å². The summed E-state index contributed by atoms with van der Waals surface area (Å²) < 4.78 is 11.2. The Balaban J connectivity index is 1.72. The zero-order chi connectivity index (χ0) is 33.1. The van der Waals surface area contributed by atoms with E-state index in [1.807, 2.05) is 64.3 Å². The van der Waals surface area contributed by atoms with Crippen molar-refractivity contribution in [3.63, 3.8) is 0 Å². The molecule has 3 rings (SSSR count). The Hall–Kier alpha value is -2.87. The van der Waals surface area contributed by atoms with Crippen molar-refractivity contribution in [1.29, 1.82) is 0 Å². The normalized spacial score (nSPS) is 19.7. The Labute approximate surface area is 271 Å². The van der Waals surface area contributed by atoms with Crippen molar-refractivity contribution in [3.05, 3.63) is 48.2 Å². The molecule has 2 aromatic rings. The van der Waals surface area contributed by atoms with Crippen molar-refractivity contribution < 1.29 is 24.2 Å². The van der Waals surface area contributed by atoms with E-state index in [1.165, 1.54) is 16.8 Å². The summed E-state index contributed by atoms with van der Waals surface area (Å²) >= 11 is 1.48. The lowest BCUT2D eigenvalue weighted by molar-refractivity contribution is -0.157. The fraction of sp³-hybridized carbons (Fsp3) is 0.576. The minimum Gasteiger partial charge on any atom is -0.455 e. The number of methoxy groups -OCH3 is 1. The minimum absolute atomic E-state index is 0.0446. The first kappa shape index (κ1) is 36.6. The summed E-state index contributed by atoms with van der Waals surface area (Å²) in [6.07, 6.45) is 3.25. The second kappa shape index (κ2) is 17.7. The Morgan fingerprint density at radius 2 is 1.96 bits per heavy atom. The van der Waals surface area contributed by atoms with Gasteiger partial charge in [0.2, 0.25) is 0 Å². The lowest BCUT2D eigenvalue weighted by atomic mass is 10.00. The number of hydrazine groups is 1. The molecule has 1 aliphatic heterocycles. The van der Waals surface area contributed by atoms with Gasteiger partial charge in [0.25, 0.3) is 5.91 Å². The Morgan fingerprint density at radius 3 is 2.62 bits per heavy atom. The van der Waals surface area contributed by atoms with Crippen LogP contribution in [0.15, 0.2) is 41.9 Å². The third kappa shape index (κ3) is 10.6. The lowest BCUT2D eigenvalue weighted by Crippen LogP contribution is -2.63. The van der Waals surface area contributed by atoms with E-state index in [-0.39, 0.29) is 30.1 Å². The van der Waals surface area contributed by atoms with E-state index >= 15 is 0 Å². The molecule has 0 aliphatic carbocycles. The van der Waals surface area contributed by atoms with E-state index in [1.54, 1.807) is 25.7 Å². The van der Waals surface area contributed by atoms with E-state index < -0.39 is 30.4 Å². The first-order valence-electron chi connectivity index (χ1n) is 15.6. The molecule has 7 unspecified atom stereocenters. The number of ether oxygens (including phenoxy) is 2. The van der Waals surface area contributed by atoms with Gasteiger partial charge in [0.1, 0.15) is 24.6 Å². The van der Waals surface area contributed by atoms with Crippen molar-refractivity contribution in [2.24, 2.45) is 10.9 Å². The number of amides is 1. The van der Waals surface area contributed by atoms with Crippen LogP contribution in [0, 0.1) is 5.92 Å². The average molecular weight is 643 g/mol. The van der Waals surface area contributed by atoms with Crippen LogP contribution in [0.25, 0.3) is 17.0 Å². The number of aliphatic hydroxyl groups is 1. The molecule has 0 bridgehead atoms. The van der Waals surface area contributed by atoms with Crippen molar-refractivity contribution in [3.8, 4) is 0 Å². The number of pyridine rings is 1. The maximum Gasteiger partial charge on any atom is 0.325 e. The number of carbonyl (C=O) groups excluding carboxylic acids is 2. The number of hydrogen-bond donors (Lipinski definition) is 4. The first-order chi connectivity index (χ1) is 21.5. The van der Waals surface area contributed by atoms with Crippen LogP contribution in [0.1, 0.15) is 71.2 Å². The number of esters is 1. The lowest BCUT2D eigenvalue weighted by Gasteiger charge is -2.37. The fourth-order valence-electron chi connectivity index (χ4n) is 5.23. The van der Waals surface area contributed by atoms with E-state index in [9.17, 15) is 14.7 Å². The third-order valence-corrected chi connectivity index (χ3v) is 8.26. The molecule has 248 valence electrons. The molecule has 0 spiro atoms. The molecule has 1 amide bonds. The molecule has 1 aromatic carbocycles. The Morgan fingerprint density at radius 1 is 1.22 bits per heavy atom. The molecule has 11 nitrogen and oxygen atoms in total. The topological polar surface area (TPSA) is 137 Å². The second-order valence-electron chi connectivity index (χ2n) is 11.8. The highest BCUT2D eigenvalue weighted by molar-refractivity contribution is 8.11. The van der Waals surface area contributed by atoms with Gasteiger partial charge in [-0.25, -0.2) is 10.4 Å². The smallest absolute Gasteiger partial charge is 0.325 e. The monoisotopic (exact) mass is 642 g/mol. The van der Waals surface area contributed by atoms with Crippen LogP contribution < -0.4 is 16.1 Å². The van der Waals surface area contributed by atoms with Gasteiger partial charge in [-0.3, -0.25) is 30.2 Å². The molecule has 1 saturated heterocycles. The quantitative estimate of drug-likeness (QED) is 0.0919. The SMILES string of the molecule is C=Cc1ccc2ccc(C(C)OC(=O)C3CCCN(C(=O)C(CC(C)N=CSC)NC(O)C(NC(C)OC)C(C)C)N3)nc2c1. The van der Waals surface area contributed by atoms with Gasteiger partial charge in [0, 0.05) is 25.1 Å². The van der Waals surface area contributed by atoms with Crippen LogP contribution in [0.3, 0.4) is 0 Å². The number of thioether (sulfide) groups is 1. The highest BCUT2D eigenvalue weighted by atomic mass is 32.2. The third-order valence-electron chi connectivity index (χ3n) is 7.93. The summed E-state index contributed by atoms with van der Waals surface area (Å²) in [6, 6.07) is 7.67. The number of carbonyl (C=O) groups is 2. The van der Waals surface area contributed by atoms with Crippen molar-refractivity contribution in [1.82, 2.24) is 26.1 Å². The average Bonchev–Trinajstić information content (AvgIpc) is 3.04. The van der Waals surface area contributed by atoms with Gasteiger partial charge < -0.3 is 14.6 Å². The number of benzene rings is 1. The molecule has 4 N–H and O–H groups in total. The zero-order valence-electron chi connectivity index (χ0n) is 27.5. The summed E-state index contributed by atoms with van der Waals surface area (Å²) in [6.45, 7) is 13.8. The standard InChI is InChI=1S/C33H50N6O5S/c1-9-24-12-13-25-14-15-26(36-28(25)18-24)22(5)44-33(42)27-11-10-16-39(38-27)32(41)29(17-21(4)34-19-45-8)37-31(40)30(20(2)3)35-23(6)43-7/h9,12-15,18-23,27,29-31,35,37-38,40H,1,10-11,16-17H2,2-8H3. The molecule has 7 atom stereocenters. The largest absolute Gasteiger partial charge is 0.455 e. The van der Waals surface area contributed by atoms with Crippen LogP contribution in [0.4, 0.5) is 0 Å². The van der Waals surface area contributed by atoms with Crippen LogP contribution in [-0.4, -0.2) is 89.1 Å². The summed E-state index contributed by atoms with van der Waals surface area (Å²) in [5.74, 6) is -0.688. The summed E-state index contributed by atoms with van der Waals surface area (Å²) in [4.78, 5) is 36.4. The Bertz CT molecular complexity index is 1310. The maximum atomic E-state index is 13.9. The maximum absolute atomic E-state index is 13.9. The van der Waals surface area contributed by atoms with E-state index in [0.29, 0.717) is 31.5 Å². The number of aliphatic hydroxyl groups excluding tert-OH is 1. The number of rotatable bonds is 16. The van der Waals surface area contributed by atoms with Crippen LogP contribution >= 0.6 is 11.8 Å². The molecule has 2 heterocycles. The van der Waals surface area contributed by atoms with Crippen molar-refractivity contribution in [2.45, 2.75) is 96.6 Å². The van der Waals surface area contributed by atoms with Crippen molar-refractivity contribution in [2.75, 3.05) is 19.9 Å². The molecule has 0 radical (unpaired) electrons. The molecule has 1 fully saturated rings. The predicted molar refractivity (Wildman–Crippen MR) is 181 cm³/mol. The minimum atomic E-state index is -1.04. The first-order valence-corrected chi connectivity index (χ1v) is 16.8. The fourth-order valence-corrected chi connectivity index (χ4v) is 5.56. The highest BCUT2D eigenvalue weighted by Gasteiger charge is 2.36. The number of aliphatic imine (C=N–C) groups is 1. The summed E-state index contributed by atoms with van der Waals surface area (Å²) in [5, 5.41) is 20.1. The molecule has 1 aromatic heterocycles. The van der Waals surface area contributed by atoms with Gasteiger partial charge >= 0.3 is 5.97 Å². The van der Waals surface area contributed by atoms with Gasteiger partial charge in [-0.15, -0.1) is 11.8 Å². The number of nitrogens with one attached hydrogen (secondary N) is 3. The summed E-state index contributed by atoms with van der Waals surface area (Å²) in [7, 11) is 1.59. The number of nitrogens with zero attached hydrogens (tertiary/aromatic N) is 3. The summed E-state index contributed by atoms with van der Waals surface area (Å²) in [5.41, 5.74) is 7.23. The van der Waals surface area contributed by atoms with Gasteiger partial charge in [-0.2, -0.15) is 0 Å². The number of aromatic nitrogens is 1. The molecule has 12 heteroatoms. The van der Waals surface area contributed by atoms with E-state index in [0.717, 1.165) is 16.5 Å². The Kier molecular flexibility index (Phi) is 14.4. The molecule has 45 heavy (non-hydrogen) atoms. The number of hydrogen-bond acceptors (Lipinski definition) is 11. The van der Waals surface area contributed by atoms with Crippen LogP contribution in [-0.2, 0) is 19.1 Å². The molecule has 1 aliphatic rings. The van der Waals surface area contributed by atoms with E-state index in [4.69, 9.17) is 14.5 Å². The van der Waals surface area contributed by atoms with Gasteiger partial charge in [-0.1, -0.05) is 44.7 Å². The zero-order valence-corrected chi connectivity index (χ0v) is 28.3. The van der Waals surface area contributed by atoms with Crippen LogP contribution in [0.5, 0.6) is 0 Å². The second-order valence-corrected chi connectivity index (χ2v) is 12.5.